The Labute approximate surface area is 150 Å². The normalized spacial score (nSPS) is 18.3. The fourth-order valence-corrected chi connectivity index (χ4v) is 3.70. The van der Waals surface area contributed by atoms with Crippen LogP contribution in [0.25, 0.3) is 0 Å². The Balaban J connectivity index is 1.64. The molecule has 1 amide bonds. The molecule has 2 aromatic rings. The van der Waals surface area contributed by atoms with Crippen LogP contribution in [0.1, 0.15) is 36.2 Å². The maximum absolute atomic E-state index is 12.6. The average Bonchev–Trinajstić information content (AvgIpc) is 2.84. The summed E-state index contributed by atoms with van der Waals surface area (Å²) in [4.78, 5) is 14.9. The largest absolute Gasteiger partial charge is 0.322 e. The first-order valence-corrected chi connectivity index (χ1v) is 9.12. The van der Waals surface area contributed by atoms with E-state index in [1.807, 2.05) is 31.6 Å². The molecule has 1 saturated heterocycles. The number of likely N-dealkylation sites (tertiary alicyclic amines) is 1. The third-order valence-electron chi connectivity index (χ3n) is 5.18. The molecule has 134 valence electrons. The van der Waals surface area contributed by atoms with E-state index in [0.717, 1.165) is 36.5 Å². The van der Waals surface area contributed by atoms with Crippen molar-refractivity contribution in [1.82, 2.24) is 14.7 Å². The van der Waals surface area contributed by atoms with E-state index in [1.165, 1.54) is 18.4 Å². The molecule has 0 aliphatic carbocycles. The topological polar surface area (TPSA) is 50.2 Å². The molecule has 1 aromatic carbocycles. The number of amides is 1. The highest BCUT2D eigenvalue weighted by molar-refractivity contribution is 5.93. The number of anilines is 1. The summed E-state index contributed by atoms with van der Waals surface area (Å²) in [6, 6.07) is 11.0. The van der Waals surface area contributed by atoms with E-state index in [2.05, 4.69) is 39.6 Å². The molecule has 1 aliphatic heterocycles. The molecule has 5 heteroatoms. The van der Waals surface area contributed by atoms with Crippen LogP contribution in [0.2, 0.25) is 0 Å². The standard InChI is InChI=1S/C20H28N4O/c1-15-20(16(2)23(3)22-15)21-19(25)14-24-12-8-7-11-18(24)13-17-9-5-4-6-10-17/h4-6,9-10,18H,7-8,11-14H2,1-3H3,(H,21,25). The number of piperidine rings is 1. The van der Waals surface area contributed by atoms with Gasteiger partial charge < -0.3 is 5.32 Å². The summed E-state index contributed by atoms with van der Waals surface area (Å²) in [6.45, 7) is 5.36. The van der Waals surface area contributed by atoms with Crippen LogP contribution in [0, 0.1) is 13.8 Å². The molecule has 3 rings (SSSR count). The summed E-state index contributed by atoms with van der Waals surface area (Å²) in [7, 11) is 1.90. The number of benzene rings is 1. The maximum Gasteiger partial charge on any atom is 0.238 e. The summed E-state index contributed by atoms with van der Waals surface area (Å²) in [5.41, 5.74) is 4.06. The number of rotatable bonds is 5. The van der Waals surface area contributed by atoms with Gasteiger partial charge in [0, 0.05) is 13.1 Å². The van der Waals surface area contributed by atoms with Crippen LogP contribution in [-0.4, -0.2) is 39.7 Å². The zero-order valence-electron chi connectivity index (χ0n) is 15.5. The summed E-state index contributed by atoms with van der Waals surface area (Å²) in [5, 5.41) is 7.44. The van der Waals surface area contributed by atoms with Crippen molar-refractivity contribution in [3.63, 3.8) is 0 Å². The third kappa shape index (κ3) is 4.28. The molecule has 1 aromatic heterocycles. The molecule has 0 saturated carbocycles. The quantitative estimate of drug-likeness (QED) is 0.910. The second-order valence-electron chi connectivity index (χ2n) is 7.03. The van der Waals surface area contributed by atoms with Gasteiger partial charge in [-0.2, -0.15) is 5.10 Å². The van der Waals surface area contributed by atoms with Crippen molar-refractivity contribution in [2.45, 2.75) is 45.6 Å². The van der Waals surface area contributed by atoms with E-state index in [9.17, 15) is 4.79 Å². The Bertz CT molecular complexity index is 723. The second kappa shape index (κ2) is 7.83. The third-order valence-corrected chi connectivity index (χ3v) is 5.18. The van der Waals surface area contributed by atoms with Crippen LogP contribution in [0.5, 0.6) is 0 Å². The van der Waals surface area contributed by atoms with Gasteiger partial charge in [0.1, 0.15) is 0 Å². The summed E-state index contributed by atoms with van der Waals surface area (Å²) in [5.74, 6) is 0.0548. The first-order valence-electron chi connectivity index (χ1n) is 9.12. The second-order valence-corrected chi connectivity index (χ2v) is 7.03. The van der Waals surface area contributed by atoms with Crippen LogP contribution >= 0.6 is 0 Å². The first-order chi connectivity index (χ1) is 12.0. The fraction of sp³-hybridized carbons (Fsp3) is 0.500. The lowest BCUT2D eigenvalue weighted by atomic mass is 9.95. The smallest absolute Gasteiger partial charge is 0.238 e. The van der Waals surface area contributed by atoms with Gasteiger partial charge in [-0.3, -0.25) is 14.4 Å². The van der Waals surface area contributed by atoms with Crippen LogP contribution < -0.4 is 5.32 Å². The van der Waals surface area contributed by atoms with Gasteiger partial charge in [0.25, 0.3) is 0 Å². The Hall–Kier alpha value is -2.14. The summed E-state index contributed by atoms with van der Waals surface area (Å²) < 4.78 is 1.81. The van der Waals surface area contributed by atoms with Crippen LogP contribution in [-0.2, 0) is 18.3 Å². The predicted molar refractivity (Wildman–Crippen MR) is 101 cm³/mol. The number of aryl methyl sites for hydroxylation is 2. The Morgan fingerprint density at radius 1 is 1.24 bits per heavy atom. The van der Waals surface area contributed by atoms with Gasteiger partial charge >= 0.3 is 0 Å². The molecule has 1 aliphatic rings. The van der Waals surface area contributed by atoms with E-state index in [-0.39, 0.29) is 5.91 Å². The van der Waals surface area contributed by atoms with Crippen molar-refractivity contribution in [1.29, 1.82) is 0 Å². The number of hydrogen-bond donors (Lipinski definition) is 1. The highest BCUT2D eigenvalue weighted by Gasteiger charge is 2.25. The van der Waals surface area contributed by atoms with Gasteiger partial charge in [-0.15, -0.1) is 0 Å². The molecule has 1 N–H and O–H groups in total. The molecule has 2 heterocycles. The lowest BCUT2D eigenvalue weighted by Crippen LogP contribution is -2.45. The molecule has 1 fully saturated rings. The fourth-order valence-electron chi connectivity index (χ4n) is 3.70. The molecular weight excluding hydrogens is 312 g/mol. The molecule has 0 radical (unpaired) electrons. The van der Waals surface area contributed by atoms with Crippen molar-refractivity contribution >= 4 is 11.6 Å². The summed E-state index contributed by atoms with van der Waals surface area (Å²) >= 11 is 0. The van der Waals surface area contributed by atoms with Crippen molar-refractivity contribution in [2.24, 2.45) is 7.05 Å². The molecule has 25 heavy (non-hydrogen) atoms. The number of carbonyl (C=O) groups excluding carboxylic acids is 1. The van der Waals surface area contributed by atoms with E-state index >= 15 is 0 Å². The molecule has 5 nitrogen and oxygen atoms in total. The van der Waals surface area contributed by atoms with Crippen LogP contribution in [0.15, 0.2) is 30.3 Å². The average molecular weight is 340 g/mol. The van der Waals surface area contributed by atoms with Gasteiger partial charge in [0.15, 0.2) is 0 Å². The van der Waals surface area contributed by atoms with Gasteiger partial charge in [-0.05, 0) is 45.2 Å². The maximum atomic E-state index is 12.6. The minimum Gasteiger partial charge on any atom is -0.322 e. The van der Waals surface area contributed by atoms with Crippen molar-refractivity contribution in [3.8, 4) is 0 Å². The van der Waals surface area contributed by atoms with E-state index < -0.39 is 0 Å². The highest BCUT2D eigenvalue weighted by Crippen LogP contribution is 2.22. The van der Waals surface area contributed by atoms with E-state index in [0.29, 0.717) is 12.6 Å². The molecule has 1 unspecified atom stereocenters. The number of nitrogens with zero attached hydrogens (tertiary/aromatic N) is 3. The minimum absolute atomic E-state index is 0.0548. The number of carbonyl (C=O) groups is 1. The molecule has 1 atom stereocenters. The van der Waals surface area contributed by atoms with Gasteiger partial charge in [-0.25, -0.2) is 0 Å². The summed E-state index contributed by atoms with van der Waals surface area (Å²) in [6.07, 6.45) is 4.59. The number of aromatic nitrogens is 2. The predicted octanol–water partition coefficient (Wildman–Crippen LogP) is 3.07. The van der Waals surface area contributed by atoms with Crippen molar-refractivity contribution in [2.75, 3.05) is 18.4 Å². The molecular formula is C20H28N4O. The van der Waals surface area contributed by atoms with E-state index in [1.54, 1.807) is 0 Å². The lowest BCUT2D eigenvalue weighted by Gasteiger charge is -2.35. The Kier molecular flexibility index (Phi) is 5.53. The molecule has 0 bridgehead atoms. The number of nitrogens with one attached hydrogen (secondary N) is 1. The van der Waals surface area contributed by atoms with Gasteiger partial charge in [0.2, 0.25) is 5.91 Å². The van der Waals surface area contributed by atoms with Crippen LogP contribution in [0.3, 0.4) is 0 Å². The van der Waals surface area contributed by atoms with E-state index in [4.69, 9.17) is 0 Å². The lowest BCUT2D eigenvalue weighted by molar-refractivity contribution is -0.118. The SMILES string of the molecule is Cc1nn(C)c(C)c1NC(=O)CN1CCCCC1Cc1ccccc1. The first kappa shape index (κ1) is 17.7. The zero-order chi connectivity index (χ0) is 17.8. The van der Waals surface area contributed by atoms with Crippen molar-refractivity contribution < 1.29 is 4.79 Å². The Morgan fingerprint density at radius 3 is 2.68 bits per heavy atom. The Morgan fingerprint density at radius 2 is 2.00 bits per heavy atom. The minimum atomic E-state index is 0.0548. The van der Waals surface area contributed by atoms with Crippen LogP contribution in [0.4, 0.5) is 5.69 Å². The van der Waals surface area contributed by atoms with Gasteiger partial charge in [0.05, 0.1) is 23.6 Å². The monoisotopic (exact) mass is 340 g/mol. The highest BCUT2D eigenvalue weighted by atomic mass is 16.2. The van der Waals surface area contributed by atoms with Crippen molar-refractivity contribution in [3.05, 3.63) is 47.3 Å². The van der Waals surface area contributed by atoms with Gasteiger partial charge in [-0.1, -0.05) is 36.8 Å². The zero-order valence-corrected chi connectivity index (χ0v) is 15.5. The molecule has 0 spiro atoms. The number of hydrogen-bond acceptors (Lipinski definition) is 3.